The summed E-state index contributed by atoms with van der Waals surface area (Å²) in [5.74, 6) is 0.347. The van der Waals surface area contributed by atoms with E-state index >= 15 is 0 Å². The Hall–Kier alpha value is -2.80. The Morgan fingerprint density at radius 1 is 1.04 bits per heavy atom. The molecule has 4 heterocycles. The van der Waals surface area contributed by atoms with Crippen LogP contribution in [0.4, 0.5) is 4.39 Å². The number of halogens is 1. The molecule has 3 aromatic rings. The van der Waals surface area contributed by atoms with Crippen LogP contribution in [0.1, 0.15) is 16.8 Å². The van der Waals surface area contributed by atoms with Gasteiger partial charge in [-0.1, -0.05) is 0 Å². The maximum absolute atomic E-state index is 13.3. The average Bonchev–Trinajstić information content (AvgIpc) is 2.62. The fourth-order valence-electron chi connectivity index (χ4n) is 2.86. The van der Waals surface area contributed by atoms with Gasteiger partial charge in [-0.25, -0.2) is 24.3 Å². The van der Waals surface area contributed by atoms with Crippen LogP contribution in [0.25, 0.3) is 11.4 Å². The minimum absolute atomic E-state index is 0.303. The summed E-state index contributed by atoms with van der Waals surface area (Å²) in [6, 6.07) is 1.53. The molecule has 4 rings (SSSR count). The number of pyridine rings is 1. The molecular weight excluding hydrogens is 307 g/mol. The fourth-order valence-corrected chi connectivity index (χ4v) is 2.86. The first kappa shape index (κ1) is 14.8. The average molecular weight is 322 g/mol. The molecule has 24 heavy (non-hydrogen) atoms. The van der Waals surface area contributed by atoms with Crippen molar-refractivity contribution in [3.05, 3.63) is 66.0 Å². The molecule has 0 unspecified atom stereocenters. The van der Waals surface area contributed by atoms with Crippen LogP contribution in [0.2, 0.25) is 0 Å². The normalized spacial score (nSPS) is 14.4. The topological polar surface area (TPSA) is 67.7 Å². The van der Waals surface area contributed by atoms with Crippen LogP contribution in [-0.2, 0) is 19.5 Å². The highest BCUT2D eigenvalue weighted by molar-refractivity contribution is 5.52. The van der Waals surface area contributed by atoms with E-state index in [4.69, 9.17) is 0 Å². The van der Waals surface area contributed by atoms with Crippen molar-refractivity contribution >= 4 is 0 Å². The molecule has 0 bridgehead atoms. The van der Waals surface area contributed by atoms with Gasteiger partial charge in [-0.15, -0.1) is 0 Å². The molecule has 0 N–H and O–H groups in total. The molecule has 0 atom stereocenters. The summed E-state index contributed by atoms with van der Waals surface area (Å²) in [4.78, 5) is 23.2. The molecule has 1 aliphatic heterocycles. The van der Waals surface area contributed by atoms with Gasteiger partial charge in [0.15, 0.2) is 5.82 Å². The lowest BCUT2D eigenvalue weighted by molar-refractivity contribution is 0.242. The van der Waals surface area contributed by atoms with Crippen LogP contribution in [0.5, 0.6) is 0 Å². The number of hydrogen-bond donors (Lipinski definition) is 0. The summed E-state index contributed by atoms with van der Waals surface area (Å²) >= 11 is 0. The number of aromatic nitrogens is 5. The van der Waals surface area contributed by atoms with E-state index in [0.717, 1.165) is 41.9 Å². The van der Waals surface area contributed by atoms with Crippen molar-refractivity contribution in [2.24, 2.45) is 0 Å². The van der Waals surface area contributed by atoms with E-state index in [1.54, 1.807) is 18.6 Å². The van der Waals surface area contributed by atoms with Gasteiger partial charge >= 0.3 is 0 Å². The Bertz CT molecular complexity index is 855. The van der Waals surface area contributed by atoms with Gasteiger partial charge in [0, 0.05) is 56.4 Å². The van der Waals surface area contributed by atoms with E-state index in [9.17, 15) is 4.39 Å². The van der Waals surface area contributed by atoms with Gasteiger partial charge in [0.05, 0.1) is 17.5 Å². The molecule has 0 aliphatic carbocycles. The summed E-state index contributed by atoms with van der Waals surface area (Å²) in [5, 5.41) is 0. The maximum atomic E-state index is 13.3. The molecule has 120 valence electrons. The monoisotopic (exact) mass is 322 g/mol. The van der Waals surface area contributed by atoms with E-state index < -0.39 is 0 Å². The molecule has 0 spiro atoms. The first-order valence-electron chi connectivity index (χ1n) is 7.70. The lowest BCUT2D eigenvalue weighted by Crippen LogP contribution is -2.31. The first-order valence-corrected chi connectivity index (χ1v) is 7.70. The second-order valence-electron chi connectivity index (χ2n) is 5.76. The zero-order chi connectivity index (χ0) is 16.4. The molecule has 1 aliphatic rings. The molecule has 0 saturated carbocycles. The van der Waals surface area contributed by atoms with E-state index in [1.807, 2.05) is 6.20 Å². The first-order chi connectivity index (χ1) is 11.8. The molecule has 0 aromatic carbocycles. The van der Waals surface area contributed by atoms with E-state index in [0.29, 0.717) is 12.4 Å². The molecule has 0 fully saturated rings. The summed E-state index contributed by atoms with van der Waals surface area (Å²) < 4.78 is 13.3. The van der Waals surface area contributed by atoms with Crippen LogP contribution in [0.3, 0.4) is 0 Å². The lowest BCUT2D eigenvalue weighted by atomic mass is 10.1. The summed E-state index contributed by atoms with van der Waals surface area (Å²) in [6.07, 6.45) is 10.5. The third-order valence-corrected chi connectivity index (χ3v) is 4.00. The van der Waals surface area contributed by atoms with Crippen molar-refractivity contribution < 1.29 is 4.39 Å². The molecular formula is C17H15FN6. The standard InChI is InChI=1S/C17H15FN6/c18-15-3-12(4-19-8-15)9-24-2-1-16-14(10-24)7-22-17(23-16)13-5-20-11-21-6-13/h3-8,11H,1-2,9-10H2. The summed E-state index contributed by atoms with van der Waals surface area (Å²) in [5.41, 5.74) is 3.84. The zero-order valence-electron chi connectivity index (χ0n) is 12.9. The minimum atomic E-state index is -0.303. The van der Waals surface area contributed by atoms with Crippen molar-refractivity contribution in [2.45, 2.75) is 19.5 Å². The predicted octanol–water partition coefficient (Wildman–Crippen LogP) is 2.03. The fraction of sp³-hybridized carbons (Fsp3) is 0.235. The molecule has 0 radical (unpaired) electrons. The highest BCUT2D eigenvalue weighted by Gasteiger charge is 2.19. The Labute approximate surface area is 138 Å². The van der Waals surface area contributed by atoms with Gasteiger partial charge in [-0.05, 0) is 11.6 Å². The minimum Gasteiger partial charge on any atom is -0.294 e. The summed E-state index contributed by atoms with van der Waals surface area (Å²) in [6.45, 7) is 2.28. The van der Waals surface area contributed by atoms with Crippen molar-refractivity contribution in [1.82, 2.24) is 29.8 Å². The molecule has 3 aromatic heterocycles. The Morgan fingerprint density at radius 3 is 2.75 bits per heavy atom. The number of rotatable bonds is 3. The van der Waals surface area contributed by atoms with Crippen molar-refractivity contribution in [3.63, 3.8) is 0 Å². The maximum Gasteiger partial charge on any atom is 0.162 e. The smallest absolute Gasteiger partial charge is 0.162 e. The molecule has 0 saturated heterocycles. The van der Waals surface area contributed by atoms with Crippen molar-refractivity contribution in [1.29, 1.82) is 0 Å². The van der Waals surface area contributed by atoms with Gasteiger partial charge in [-0.2, -0.15) is 0 Å². The second kappa shape index (κ2) is 6.37. The van der Waals surface area contributed by atoms with Gasteiger partial charge in [-0.3, -0.25) is 9.88 Å². The van der Waals surface area contributed by atoms with Crippen LogP contribution >= 0.6 is 0 Å². The highest BCUT2D eigenvalue weighted by atomic mass is 19.1. The van der Waals surface area contributed by atoms with Crippen LogP contribution in [-0.4, -0.2) is 36.4 Å². The predicted molar refractivity (Wildman–Crippen MR) is 85.1 cm³/mol. The Balaban J connectivity index is 1.52. The molecule has 0 amide bonds. The Kier molecular flexibility index (Phi) is 3.92. The number of fused-ring (bicyclic) bond motifs is 1. The van der Waals surface area contributed by atoms with Gasteiger partial charge in [0.25, 0.3) is 0 Å². The second-order valence-corrected chi connectivity index (χ2v) is 5.76. The number of hydrogen-bond acceptors (Lipinski definition) is 6. The zero-order valence-corrected chi connectivity index (χ0v) is 12.9. The van der Waals surface area contributed by atoms with Crippen LogP contribution in [0.15, 0.2) is 43.4 Å². The van der Waals surface area contributed by atoms with Crippen LogP contribution in [0, 0.1) is 5.82 Å². The number of nitrogens with zero attached hydrogens (tertiary/aromatic N) is 6. The van der Waals surface area contributed by atoms with E-state index in [1.165, 1.54) is 18.6 Å². The molecule has 6 nitrogen and oxygen atoms in total. The third kappa shape index (κ3) is 3.11. The van der Waals surface area contributed by atoms with Gasteiger partial charge in [0.2, 0.25) is 0 Å². The third-order valence-electron chi connectivity index (χ3n) is 4.00. The highest BCUT2D eigenvalue weighted by Crippen LogP contribution is 2.21. The van der Waals surface area contributed by atoms with Crippen LogP contribution < -0.4 is 0 Å². The van der Waals surface area contributed by atoms with Crippen molar-refractivity contribution in [3.8, 4) is 11.4 Å². The van der Waals surface area contributed by atoms with E-state index in [2.05, 4.69) is 29.8 Å². The van der Waals surface area contributed by atoms with Crippen molar-refractivity contribution in [2.75, 3.05) is 6.54 Å². The van der Waals surface area contributed by atoms with Gasteiger partial charge < -0.3 is 0 Å². The lowest BCUT2D eigenvalue weighted by Gasteiger charge is -2.27. The van der Waals surface area contributed by atoms with Gasteiger partial charge in [0.1, 0.15) is 12.1 Å². The SMILES string of the molecule is Fc1cncc(CN2CCc3nc(-c4cncnc4)ncc3C2)c1. The molecule has 7 heteroatoms. The van der Waals surface area contributed by atoms with E-state index in [-0.39, 0.29) is 5.82 Å². The summed E-state index contributed by atoms with van der Waals surface area (Å²) in [7, 11) is 0. The largest absolute Gasteiger partial charge is 0.294 e. The quantitative estimate of drug-likeness (QED) is 0.735. The Morgan fingerprint density at radius 2 is 1.92 bits per heavy atom.